The summed E-state index contributed by atoms with van der Waals surface area (Å²) in [6.07, 6.45) is 4.02. The van der Waals surface area contributed by atoms with Gasteiger partial charge in [-0.15, -0.1) is 0 Å². The fourth-order valence-corrected chi connectivity index (χ4v) is 2.08. The largest absolute Gasteiger partial charge is 0.505 e. The Kier molecular flexibility index (Phi) is 2.52. The second-order valence-electron chi connectivity index (χ2n) is 4.21. The fraction of sp³-hybridized carbons (Fsp3) is 0.417. The molecule has 3 nitrogen and oxygen atoms in total. The van der Waals surface area contributed by atoms with E-state index < -0.39 is 11.4 Å². The van der Waals surface area contributed by atoms with Crippen LogP contribution in [-0.2, 0) is 10.3 Å². The number of halogens is 1. The lowest BCUT2D eigenvalue weighted by Gasteiger charge is -2.37. The van der Waals surface area contributed by atoms with Gasteiger partial charge >= 0.3 is 0 Å². The molecular formula is C12H12FNO2. The van der Waals surface area contributed by atoms with Gasteiger partial charge in [0, 0.05) is 0 Å². The third-order valence-electron chi connectivity index (χ3n) is 3.21. The molecule has 2 rings (SSSR count). The van der Waals surface area contributed by atoms with E-state index in [2.05, 4.69) is 4.99 Å². The summed E-state index contributed by atoms with van der Waals surface area (Å²) in [5.41, 5.74) is 0.471. The first kappa shape index (κ1) is 10.8. The highest BCUT2D eigenvalue weighted by atomic mass is 19.1. The maximum Gasteiger partial charge on any atom is 0.235 e. The van der Waals surface area contributed by atoms with E-state index >= 15 is 0 Å². The van der Waals surface area contributed by atoms with E-state index in [-0.39, 0.29) is 5.75 Å². The monoisotopic (exact) mass is 221 g/mol. The Morgan fingerprint density at radius 1 is 1.50 bits per heavy atom. The van der Waals surface area contributed by atoms with Crippen molar-refractivity contribution in [1.29, 1.82) is 0 Å². The van der Waals surface area contributed by atoms with Gasteiger partial charge in [-0.25, -0.2) is 9.18 Å². The number of rotatable bonds is 2. The Morgan fingerprint density at radius 2 is 2.19 bits per heavy atom. The van der Waals surface area contributed by atoms with Crippen molar-refractivity contribution in [1.82, 2.24) is 0 Å². The van der Waals surface area contributed by atoms with Gasteiger partial charge < -0.3 is 5.11 Å². The molecule has 1 fully saturated rings. The van der Waals surface area contributed by atoms with Crippen LogP contribution in [0.5, 0.6) is 5.75 Å². The number of isocyanates is 1. The average Bonchev–Trinajstić information content (AvgIpc) is 2.19. The molecule has 1 aromatic rings. The smallest absolute Gasteiger partial charge is 0.235 e. The van der Waals surface area contributed by atoms with Crippen molar-refractivity contribution < 1.29 is 14.3 Å². The highest BCUT2D eigenvalue weighted by Crippen LogP contribution is 2.46. The van der Waals surface area contributed by atoms with Crippen molar-refractivity contribution in [3.05, 3.63) is 29.1 Å². The summed E-state index contributed by atoms with van der Waals surface area (Å²) in [4.78, 5) is 14.2. The van der Waals surface area contributed by atoms with E-state index in [0.29, 0.717) is 11.1 Å². The number of aromatic hydroxyl groups is 1. The minimum Gasteiger partial charge on any atom is -0.505 e. The number of nitrogens with zero attached hydrogens (tertiary/aromatic N) is 1. The van der Waals surface area contributed by atoms with Crippen LogP contribution < -0.4 is 0 Å². The zero-order valence-corrected chi connectivity index (χ0v) is 8.96. The van der Waals surface area contributed by atoms with Crippen molar-refractivity contribution in [2.45, 2.75) is 31.7 Å². The van der Waals surface area contributed by atoms with Crippen LogP contribution in [0.15, 0.2) is 17.1 Å². The number of aliphatic imine (C=N–C) groups is 1. The molecule has 0 saturated heterocycles. The number of benzene rings is 1. The van der Waals surface area contributed by atoms with Crippen molar-refractivity contribution in [2.75, 3.05) is 0 Å². The van der Waals surface area contributed by atoms with Crippen LogP contribution in [0, 0.1) is 12.7 Å². The summed E-state index contributed by atoms with van der Waals surface area (Å²) in [6.45, 7) is 1.58. The molecule has 0 bridgehead atoms. The second-order valence-corrected chi connectivity index (χ2v) is 4.21. The second kappa shape index (κ2) is 3.72. The van der Waals surface area contributed by atoms with Crippen LogP contribution in [0.2, 0.25) is 0 Å². The van der Waals surface area contributed by atoms with Gasteiger partial charge in [-0.1, -0.05) is 6.07 Å². The zero-order valence-electron chi connectivity index (χ0n) is 8.96. The molecule has 0 aromatic heterocycles. The van der Waals surface area contributed by atoms with Crippen molar-refractivity contribution in [3.8, 4) is 5.75 Å². The molecule has 0 atom stereocenters. The van der Waals surface area contributed by atoms with E-state index in [1.165, 1.54) is 6.07 Å². The molecule has 0 aliphatic heterocycles. The molecule has 0 amide bonds. The fourth-order valence-electron chi connectivity index (χ4n) is 2.08. The van der Waals surface area contributed by atoms with E-state index in [4.69, 9.17) is 0 Å². The summed E-state index contributed by atoms with van der Waals surface area (Å²) >= 11 is 0. The van der Waals surface area contributed by atoms with Gasteiger partial charge in [0.1, 0.15) is 0 Å². The Balaban J connectivity index is 2.51. The number of hydrogen-bond donors (Lipinski definition) is 1. The highest BCUT2D eigenvalue weighted by molar-refractivity contribution is 5.43. The average molecular weight is 221 g/mol. The standard InChI is InChI=1S/C12H12FNO2/c1-8-5-9(6-10(16)11(8)13)12(14-7-15)3-2-4-12/h5-6,16H,2-4H2,1H3. The molecule has 1 aliphatic rings. The van der Waals surface area contributed by atoms with Gasteiger partial charge in [0.05, 0.1) is 5.54 Å². The lowest BCUT2D eigenvalue weighted by molar-refractivity contribution is 0.254. The minimum absolute atomic E-state index is 0.363. The van der Waals surface area contributed by atoms with E-state index in [0.717, 1.165) is 19.3 Å². The molecule has 1 aromatic carbocycles. The SMILES string of the molecule is Cc1cc(C2(N=C=O)CCC2)cc(O)c1F. The van der Waals surface area contributed by atoms with Crippen molar-refractivity contribution in [3.63, 3.8) is 0 Å². The van der Waals surface area contributed by atoms with Crippen molar-refractivity contribution in [2.24, 2.45) is 4.99 Å². The molecule has 1 aliphatic carbocycles. The molecule has 4 heteroatoms. The van der Waals surface area contributed by atoms with Crippen LogP contribution in [0.3, 0.4) is 0 Å². The molecule has 1 N–H and O–H groups in total. The summed E-state index contributed by atoms with van der Waals surface area (Å²) in [5.74, 6) is -1.00. The van der Waals surface area contributed by atoms with Crippen LogP contribution >= 0.6 is 0 Å². The summed E-state index contributed by atoms with van der Waals surface area (Å²) in [6, 6.07) is 2.98. The van der Waals surface area contributed by atoms with E-state index in [1.807, 2.05) is 0 Å². The molecule has 0 spiro atoms. The van der Waals surface area contributed by atoms with Crippen LogP contribution in [-0.4, -0.2) is 11.2 Å². The van der Waals surface area contributed by atoms with Gasteiger partial charge in [-0.05, 0) is 43.4 Å². The molecule has 0 unspecified atom stereocenters. The van der Waals surface area contributed by atoms with Gasteiger partial charge in [-0.2, -0.15) is 4.99 Å². The van der Waals surface area contributed by atoms with Gasteiger partial charge in [0.25, 0.3) is 0 Å². The van der Waals surface area contributed by atoms with E-state index in [9.17, 15) is 14.3 Å². The van der Waals surface area contributed by atoms with Gasteiger partial charge in [-0.3, -0.25) is 0 Å². The topological polar surface area (TPSA) is 49.7 Å². The first-order valence-electron chi connectivity index (χ1n) is 5.18. The van der Waals surface area contributed by atoms with E-state index in [1.54, 1.807) is 19.1 Å². The number of aryl methyl sites for hydroxylation is 1. The number of phenolic OH excluding ortho intramolecular Hbond substituents is 1. The van der Waals surface area contributed by atoms with Crippen LogP contribution in [0.25, 0.3) is 0 Å². The maximum absolute atomic E-state index is 13.2. The molecule has 1 saturated carbocycles. The van der Waals surface area contributed by atoms with Gasteiger partial charge in [0.2, 0.25) is 6.08 Å². The lowest BCUT2D eigenvalue weighted by atomic mass is 9.72. The lowest BCUT2D eigenvalue weighted by Crippen LogP contribution is -2.32. The summed E-state index contributed by atoms with van der Waals surface area (Å²) < 4.78 is 13.2. The van der Waals surface area contributed by atoms with Crippen LogP contribution in [0.1, 0.15) is 30.4 Å². The summed E-state index contributed by atoms with van der Waals surface area (Å²) in [7, 11) is 0. The quantitative estimate of drug-likeness (QED) is 0.616. The molecule has 16 heavy (non-hydrogen) atoms. The predicted molar refractivity (Wildman–Crippen MR) is 56.5 cm³/mol. The van der Waals surface area contributed by atoms with Gasteiger partial charge in [0.15, 0.2) is 11.6 Å². The third kappa shape index (κ3) is 1.51. The molecule has 0 heterocycles. The molecular weight excluding hydrogens is 209 g/mol. The normalized spacial score (nSPS) is 17.4. The number of phenols is 1. The summed E-state index contributed by atoms with van der Waals surface area (Å²) in [5, 5.41) is 9.42. The zero-order chi connectivity index (χ0) is 11.8. The number of carbonyl (C=O) groups excluding carboxylic acids is 1. The first-order chi connectivity index (χ1) is 7.59. The Bertz CT molecular complexity index is 451. The minimum atomic E-state index is -0.617. The third-order valence-corrected chi connectivity index (χ3v) is 3.21. The molecule has 0 radical (unpaired) electrons. The highest BCUT2D eigenvalue weighted by Gasteiger charge is 2.39. The Labute approximate surface area is 92.6 Å². The predicted octanol–water partition coefficient (Wildman–Crippen LogP) is 2.55. The maximum atomic E-state index is 13.2. The van der Waals surface area contributed by atoms with Crippen molar-refractivity contribution >= 4 is 6.08 Å². The Morgan fingerprint density at radius 3 is 2.62 bits per heavy atom. The number of hydrogen-bond acceptors (Lipinski definition) is 3. The molecule has 84 valence electrons. The first-order valence-corrected chi connectivity index (χ1v) is 5.18. The Hall–Kier alpha value is -1.67. The van der Waals surface area contributed by atoms with Crippen LogP contribution in [0.4, 0.5) is 4.39 Å².